The largest absolute Gasteiger partial charge is 0.480 e. The summed E-state index contributed by atoms with van der Waals surface area (Å²) >= 11 is 0. The molecule has 4 amide bonds. The lowest BCUT2D eigenvalue weighted by atomic mass is 10.1. The number of primary amides is 1. The zero-order valence-corrected chi connectivity index (χ0v) is 15.0. The zero-order chi connectivity index (χ0) is 20.4. The molecule has 1 heterocycles. The van der Waals surface area contributed by atoms with Gasteiger partial charge in [0.1, 0.15) is 18.1 Å². The lowest BCUT2D eigenvalue weighted by Gasteiger charge is -2.22. The van der Waals surface area contributed by atoms with E-state index in [9.17, 15) is 29.1 Å². The maximum Gasteiger partial charge on any atom is 0.326 e. The summed E-state index contributed by atoms with van der Waals surface area (Å²) in [5.41, 5.74) is 10.5. The van der Waals surface area contributed by atoms with Crippen LogP contribution < -0.4 is 27.4 Å². The van der Waals surface area contributed by atoms with Gasteiger partial charge in [-0.05, 0) is 38.6 Å². The Morgan fingerprint density at radius 1 is 1.15 bits per heavy atom. The molecular formula is C16H27N5O6. The quantitative estimate of drug-likeness (QED) is 0.203. The minimum atomic E-state index is -1.21. The van der Waals surface area contributed by atoms with Crippen LogP contribution >= 0.6 is 0 Å². The SMILES string of the molecule is NCCCCC(NC(=O)C(CCC(N)=O)NC(=O)C1CCC(=O)N1)C(=O)O. The molecule has 1 saturated heterocycles. The van der Waals surface area contributed by atoms with E-state index in [1.165, 1.54) is 0 Å². The number of aliphatic carboxylic acids is 1. The molecule has 3 atom stereocenters. The Morgan fingerprint density at radius 3 is 2.37 bits per heavy atom. The number of carboxylic acids is 1. The predicted octanol–water partition coefficient (Wildman–Crippen LogP) is -2.29. The molecule has 152 valence electrons. The number of carbonyl (C=O) groups is 5. The fourth-order valence-electron chi connectivity index (χ4n) is 2.66. The van der Waals surface area contributed by atoms with E-state index in [1.807, 2.05) is 0 Å². The van der Waals surface area contributed by atoms with Gasteiger partial charge >= 0.3 is 5.97 Å². The lowest BCUT2D eigenvalue weighted by Crippen LogP contribution is -2.54. The molecule has 1 aliphatic rings. The third-order valence-corrected chi connectivity index (χ3v) is 4.19. The standard InChI is InChI=1S/C16H27N5O6/c17-8-2-1-3-11(16(26)27)21-15(25)10(4-6-12(18)22)20-14(24)9-5-7-13(23)19-9/h9-11H,1-8,17H2,(H2,18,22)(H,19,23)(H,20,24)(H,21,25)(H,26,27). The van der Waals surface area contributed by atoms with Crippen LogP contribution in [0.15, 0.2) is 0 Å². The second-order valence-corrected chi connectivity index (χ2v) is 6.41. The third kappa shape index (κ3) is 8.03. The van der Waals surface area contributed by atoms with Crippen molar-refractivity contribution in [2.75, 3.05) is 6.54 Å². The molecule has 0 aromatic carbocycles. The summed E-state index contributed by atoms with van der Waals surface area (Å²) in [5, 5.41) is 16.6. The van der Waals surface area contributed by atoms with E-state index in [1.54, 1.807) is 0 Å². The van der Waals surface area contributed by atoms with E-state index >= 15 is 0 Å². The molecule has 0 radical (unpaired) electrons. The number of hydrogen-bond donors (Lipinski definition) is 6. The molecule has 8 N–H and O–H groups in total. The van der Waals surface area contributed by atoms with E-state index in [0.717, 1.165) is 0 Å². The second kappa shape index (κ2) is 11.1. The normalized spacial score (nSPS) is 18.3. The summed E-state index contributed by atoms with van der Waals surface area (Å²) in [4.78, 5) is 58.3. The highest BCUT2D eigenvalue weighted by atomic mass is 16.4. The van der Waals surface area contributed by atoms with Crippen LogP contribution in [0.2, 0.25) is 0 Å². The number of nitrogens with one attached hydrogen (secondary N) is 3. The molecule has 27 heavy (non-hydrogen) atoms. The lowest BCUT2D eigenvalue weighted by molar-refractivity contribution is -0.142. The molecule has 0 aliphatic carbocycles. The van der Waals surface area contributed by atoms with Crippen molar-refractivity contribution in [3.63, 3.8) is 0 Å². The number of unbranched alkanes of at least 4 members (excludes halogenated alkanes) is 1. The van der Waals surface area contributed by atoms with Crippen LogP contribution in [0.1, 0.15) is 44.9 Å². The van der Waals surface area contributed by atoms with Crippen LogP contribution in [0.3, 0.4) is 0 Å². The van der Waals surface area contributed by atoms with Crippen LogP contribution in [0, 0.1) is 0 Å². The van der Waals surface area contributed by atoms with E-state index in [-0.39, 0.29) is 31.6 Å². The summed E-state index contributed by atoms with van der Waals surface area (Å²) < 4.78 is 0. The average Bonchev–Trinajstić information content (AvgIpc) is 3.03. The van der Waals surface area contributed by atoms with E-state index in [4.69, 9.17) is 11.5 Å². The first-order valence-electron chi connectivity index (χ1n) is 8.86. The number of hydrogen-bond acceptors (Lipinski definition) is 6. The number of amides is 4. The van der Waals surface area contributed by atoms with Gasteiger partial charge < -0.3 is 32.5 Å². The molecule has 0 saturated carbocycles. The molecule has 3 unspecified atom stereocenters. The molecule has 1 rings (SSSR count). The van der Waals surface area contributed by atoms with Gasteiger partial charge in [0.25, 0.3) is 0 Å². The van der Waals surface area contributed by atoms with Gasteiger partial charge in [-0.3, -0.25) is 19.2 Å². The fraction of sp³-hybridized carbons (Fsp3) is 0.688. The topological polar surface area (TPSA) is 194 Å². The van der Waals surface area contributed by atoms with Gasteiger partial charge in [0.2, 0.25) is 23.6 Å². The molecule has 1 fully saturated rings. The van der Waals surface area contributed by atoms with Crippen molar-refractivity contribution in [2.45, 2.75) is 63.1 Å². The summed E-state index contributed by atoms with van der Waals surface area (Å²) in [6.07, 6.45) is 1.57. The Labute approximate surface area is 156 Å². The number of carbonyl (C=O) groups excluding carboxylic acids is 4. The van der Waals surface area contributed by atoms with Crippen molar-refractivity contribution in [1.82, 2.24) is 16.0 Å². The third-order valence-electron chi connectivity index (χ3n) is 4.19. The second-order valence-electron chi connectivity index (χ2n) is 6.41. The van der Waals surface area contributed by atoms with Gasteiger partial charge in [0.15, 0.2) is 0 Å². The highest BCUT2D eigenvalue weighted by Gasteiger charge is 2.31. The van der Waals surface area contributed by atoms with E-state index in [2.05, 4.69) is 16.0 Å². The fourth-order valence-corrected chi connectivity index (χ4v) is 2.66. The molecule has 11 nitrogen and oxygen atoms in total. The van der Waals surface area contributed by atoms with Crippen molar-refractivity contribution in [1.29, 1.82) is 0 Å². The first-order chi connectivity index (χ1) is 12.7. The van der Waals surface area contributed by atoms with Crippen molar-refractivity contribution in [2.24, 2.45) is 11.5 Å². The smallest absolute Gasteiger partial charge is 0.326 e. The summed E-state index contributed by atoms with van der Waals surface area (Å²) in [6.45, 7) is 0.407. The van der Waals surface area contributed by atoms with Crippen molar-refractivity contribution in [3.05, 3.63) is 0 Å². The zero-order valence-electron chi connectivity index (χ0n) is 15.0. The maximum atomic E-state index is 12.5. The Bertz CT molecular complexity index is 582. The Morgan fingerprint density at radius 2 is 1.85 bits per heavy atom. The monoisotopic (exact) mass is 385 g/mol. The first-order valence-corrected chi connectivity index (χ1v) is 8.86. The summed E-state index contributed by atoms with van der Waals surface area (Å²) in [7, 11) is 0. The molecule has 0 bridgehead atoms. The highest BCUT2D eigenvalue weighted by Crippen LogP contribution is 2.08. The average molecular weight is 385 g/mol. The minimum absolute atomic E-state index is 0.0806. The summed E-state index contributed by atoms with van der Waals surface area (Å²) in [6, 6.07) is -3.04. The molecular weight excluding hydrogens is 358 g/mol. The van der Waals surface area contributed by atoms with Crippen LogP contribution in [-0.2, 0) is 24.0 Å². The predicted molar refractivity (Wildman–Crippen MR) is 94.0 cm³/mol. The van der Waals surface area contributed by atoms with Crippen molar-refractivity contribution >= 4 is 29.6 Å². The van der Waals surface area contributed by atoms with Crippen molar-refractivity contribution in [3.8, 4) is 0 Å². The molecule has 11 heteroatoms. The van der Waals surface area contributed by atoms with Gasteiger partial charge in [-0.25, -0.2) is 4.79 Å². The van der Waals surface area contributed by atoms with Gasteiger partial charge in [0.05, 0.1) is 0 Å². The van der Waals surface area contributed by atoms with Gasteiger partial charge in [-0.15, -0.1) is 0 Å². The molecule has 0 aromatic heterocycles. The Balaban J connectivity index is 2.73. The first kappa shape index (κ1) is 22.4. The van der Waals surface area contributed by atoms with Gasteiger partial charge in [-0.1, -0.05) is 0 Å². The van der Waals surface area contributed by atoms with Crippen LogP contribution in [0.4, 0.5) is 0 Å². The number of nitrogens with two attached hydrogens (primary N) is 2. The maximum absolute atomic E-state index is 12.5. The van der Waals surface area contributed by atoms with Crippen molar-refractivity contribution < 1.29 is 29.1 Å². The minimum Gasteiger partial charge on any atom is -0.480 e. The van der Waals surface area contributed by atoms with Gasteiger partial charge in [-0.2, -0.15) is 0 Å². The van der Waals surface area contributed by atoms with Gasteiger partial charge in [0, 0.05) is 12.8 Å². The number of carboxylic acid groups (broad SMARTS) is 1. The Hall–Kier alpha value is -2.69. The van der Waals surface area contributed by atoms with E-state index in [0.29, 0.717) is 25.8 Å². The Kier molecular flexibility index (Phi) is 9.20. The molecule has 1 aliphatic heterocycles. The van der Waals surface area contributed by atoms with Crippen LogP contribution in [0.5, 0.6) is 0 Å². The van der Waals surface area contributed by atoms with Crippen LogP contribution in [0.25, 0.3) is 0 Å². The molecule has 0 spiro atoms. The summed E-state index contributed by atoms with van der Waals surface area (Å²) in [5.74, 6) is -3.42. The number of rotatable bonds is 12. The van der Waals surface area contributed by atoms with E-state index < -0.39 is 41.8 Å². The molecule has 0 aromatic rings. The van der Waals surface area contributed by atoms with Crippen LogP contribution in [-0.4, -0.2) is 59.4 Å². The highest BCUT2D eigenvalue weighted by molar-refractivity contribution is 5.95.